The summed E-state index contributed by atoms with van der Waals surface area (Å²) in [5, 5.41) is 12.0. The lowest BCUT2D eigenvalue weighted by atomic mass is 9.89. The van der Waals surface area contributed by atoms with Gasteiger partial charge in [0, 0.05) is 12.6 Å². The van der Waals surface area contributed by atoms with Gasteiger partial charge in [-0.15, -0.1) is 0 Å². The van der Waals surface area contributed by atoms with Gasteiger partial charge in [0.15, 0.2) is 0 Å². The van der Waals surface area contributed by atoms with Gasteiger partial charge in [-0.3, -0.25) is 0 Å². The van der Waals surface area contributed by atoms with Crippen LogP contribution in [0, 0.1) is 5.92 Å². The average molecular weight is 392 g/mol. The fourth-order valence-corrected chi connectivity index (χ4v) is 3.50. The number of carbonyl (C=O) groups excluding carboxylic acids is 1. The number of nitrogens with zero attached hydrogens (tertiary/aromatic N) is 1. The van der Waals surface area contributed by atoms with Crippen LogP contribution in [-0.4, -0.2) is 47.0 Å². The van der Waals surface area contributed by atoms with Gasteiger partial charge in [0.05, 0.1) is 12.6 Å². The van der Waals surface area contributed by atoms with Crippen LogP contribution in [0.3, 0.4) is 0 Å². The smallest absolute Gasteiger partial charge is 0.424 e. The van der Waals surface area contributed by atoms with E-state index in [-0.39, 0.29) is 6.54 Å². The Morgan fingerprint density at radius 1 is 1.25 bits per heavy atom. The molecule has 0 bridgehead atoms. The van der Waals surface area contributed by atoms with Gasteiger partial charge in [-0.25, -0.2) is 15.2 Å². The van der Waals surface area contributed by atoms with Crippen LogP contribution in [0.25, 0.3) is 0 Å². The molecule has 6 nitrogen and oxygen atoms in total. The van der Waals surface area contributed by atoms with E-state index in [1.165, 1.54) is 37.1 Å². The number of ether oxygens (including phenoxy) is 1. The number of hydrogen-bond acceptors (Lipinski definition) is 5. The van der Waals surface area contributed by atoms with E-state index in [2.05, 4.69) is 5.43 Å². The maximum atomic E-state index is 12.6. The van der Waals surface area contributed by atoms with Gasteiger partial charge in [-0.2, -0.15) is 0 Å². The van der Waals surface area contributed by atoms with Gasteiger partial charge in [-0.05, 0) is 51.5 Å². The SMILES string of the molecule is CC(C)(C)OC(=O)N(C[C@@H](O)[C@@H](N)Cc1ccccc1)NCC1CCCCC1. The van der Waals surface area contributed by atoms with Crippen LogP contribution in [0.2, 0.25) is 0 Å². The van der Waals surface area contributed by atoms with Crippen molar-refractivity contribution in [3.63, 3.8) is 0 Å². The Kier molecular flexibility index (Phi) is 8.73. The van der Waals surface area contributed by atoms with Crippen molar-refractivity contribution in [1.29, 1.82) is 0 Å². The predicted molar refractivity (Wildman–Crippen MR) is 112 cm³/mol. The molecule has 158 valence electrons. The monoisotopic (exact) mass is 391 g/mol. The third-order valence-corrected chi connectivity index (χ3v) is 5.09. The summed E-state index contributed by atoms with van der Waals surface area (Å²) in [7, 11) is 0. The number of amides is 1. The van der Waals surface area contributed by atoms with Crippen molar-refractivity contribution in [3.8, 4) is 0 Å². The number of carbonyl (C=O) groups is 1. The van der Waals surface area contributed by atoms with Crippen LogP contribution < -0.4 is 11.2 Å². The normalized spacial score (nSPS) is 17.8. The standard InChI is InChI=1S/C22H37N3O3/c1-22(2,3)28-21(27)25(24-15-18-12-8-5-9-13-18)16-20(26)19(23)14-17-10-6-4-7-11-17/h4,6-7,10-11,18-20,24,26H,5,8-9,12-16,23H2,1-3H3/t19-,20+/m0/s1. The third kappa shape index (κ3) is 8.17. The Morgan fingerprint density at radius 3 is 2.50 bits per heavy atom. The summed E-state index contributed by atoms with van der Waals surface area (Å²) in [5.41, 5.74) is 9.88. The highest BCUT2D eigenvalue weighted by molar-refractivity contribution is 5.67. The molecule has 0 radical (unpaired) electrons. The second-order valence-corrected chi connectivity index (χ2v) is 8.88. The lowest BCUT2D eigenvalue weighted by Gasteiger charge is -2.32. The molecule has 4 N–H and O–H groups in total. The van der Waals surface area contributed by atoms with Gasteiger partial charge in [-0.1, -0.05) is 49.6 Å². The van der Waals surface area contributed by atoms with Crippen molar-refractivity contribution >= 4 is 6.09 Å². The molecule has 28 heavy (non-hydrogen) atoms. The number of aliphatic hydroxyl groups is 1. The number of hydrazine groups is 1. The summed E-state index contributed by atoms with van der Waals surface area (Å²) in [6.07, 6.45) is 5.33. The van der Waals surface area contributed by atoms with Crippen LogP contribution >= 0.6 is 0 Å². The molecule has 0 unspecified atom stereocenters. The fourth-order valence-electron chi connectivity index (χ4n) is 3.50. The van der Waals surface area contributed by atoms with Crippen molar-refractivity contribution in [2.75, 3.05) is 13.1 Å². The highest BCUT2D eigenvalue weighted by atomic mass is 16.6. The zero-order chi connectivity index (χ0) is 20.6. The van der Waals surface area contributed by atoms with E-state index in [4.69, 9.17) is 10.5 Å². The van der Waals surface area contributed by atoms with Crippen molar-refractivity contribution in [2.45, 2.75) is 77.0 Å². The van der Waals surface area contributed by atoms with Crippen molar-refractivity contribution in [2.24, 2.45) is 11.7 Å². The first-order valence-corrected chi connectivity index (χ1v) is 10.5. The minimum Gasteiger partial charge on any atom is -0.443 e. The summed E-state index contributed by atoms with van der Waals surface area (Å²) < 4.78 is 5.51. The first kappa shape index (κ1) is 22.7. The molecule has 0 spiro atoms. The molecule has 6 heteroatoms. The number of nitrogens with one attached hydrogen (secondary N) is 1. The Bertz CT molecular complexity index is 582. The number of hydrogen-bond donors (Lipinski definition) is 3. The van der Waals surface area contributed by atoms with Crippen molar-refractivity contribution in [3.05, 3.63) is 35.9 Å². The molecule has 1 aliphatic carbocycles. The quantitative estimate of drug-likeness (QED) is 0.592. The van der Waals surface area contributed by atoms with Gasteiger partial charge in [0.1, 0.15) is 5.60 Å². The summed E-state index contributed by atoms with van der Waals surface area (Å²) in [6, 6.07) is 9.36. The van der Waals surface area contributed by atoms with Crippen molar-refractivity contribution in [1.82, 2.24) is 10.4 Å². The van der Waals surface area contributed by atoms with E-state index < -0.39 is 23.8 Å². The number of aliphatic hydroxyl groups excluding tert-OH is 1. The number of nitrogens with two attached hydrogens (primary N) is 1. The molecule has 1 aromatic carbocycles. The lowest BCUT2D eigenvalue weighted by Crippen LogP contribution is -2.53. The zero-order valence-corrected chi connectivity index (χ0v) is 17.6. The Labute approximate surface area is 169 Å². The minimum atomic E-state index is -0.855. The predicted octanol–water partition coefficient (Wildman–Crippen LogP) is 3.24. The van der Waals surface area contributed by atoms with E-state index in [9.17, 15) is 9.90 Å². The number of rotatable bonds is 8. The van der Waals surface area contributed by atoms with Crippen LogP contribution in [0.4, 0.5) is 4.79 Å². The largest absolute Gasteiger partial charge is 0.443 e. The van der Waals surface area contributed by atoms with Crippen LogP contribution in [-0.2, 0) is 11.2 Å². The molecule has 1 amide bonds. The molecule has 2 rings (SSSR count). The van der Waals surface area contributed by atoms with Crippen molar-refractivity contribution < 1.29 is 14.6 Å². The number of benzene rings is 1. The molecule has 1 fully saturated rings. The highest BCUT2D eigenvalue weighted by Gasteiger charge is 2.27. The Balaban J connectivity index is 1.94. The molecular formula is C22H37N3O3. The van der Waals surface area contributed by atoms with Crippen LogP contribution in [0.1, 0.15) is 58.4 Å². The molecule has 1 aliphatic rings. The zero-order valence-electron chi connectivity index (χ0n) is 17.6. The summed E-state index contributed by atoms with van der Waals surface area (Å²) >= 11 is 0. The fraction of sp³-hybridized carbons (Fsp3) is 0.682. The summed E-state index contributed by atoms with van der Waals surface area (Å²) in [4.78, 5) is 12.6. The van der Waals surface area contributed by atoms with E-state index in [1.807, 2.05) is 51.1 Å². The third-order valence-electron chi connectivity index (χ3n) is 5.09. The van der Waals surface area contributed by atoms with Gasteiger partial charge >= 0.3 is 6.09 Å². The summed E-state index contributed by atoms with van der Waals surface area (Å²) in [5.74, 6) is 0.550. The Morgan fingerprint density at radius 2 is 1.89 bits per heavy atom. The first-order valence-electron chi connectivity index (χ1n) is 10.5. The van der Waals surface area contributed by atoms with Gasteiger partial charge in [0.2, 0.25) is 0 Å². The molecule has 2 atom stereocenters. The van der Waals surface area contributed by atoms with Gasteiger partial charge < -0.3 is 15.6 Å². The Hall–Kier alpha value is -1.63. The van der Waals surface area contributed by atoms with Crippen LogP contribution in [0.15, 0.2) is 30.3 Å². The molecule has 0 aliphatic heterocycles. The molecule has 0 aromatic heterocycles. The summed E-state index contributed by atoms with van der Waals surface area (Å²) in [6.45, 7) is 6.31. The average Bonchev–Trinajstić information content (AvgIpc) is 2.65. The minimum absolute atomic E-state index is 0.0929. The topological polar surface area (TPSA) is 87.8 Å². The highest BCUT2D eigenvalue weighted by Crippen LogP contribution is 2.23. The molecular weight excluding hydrogens is 354 g/mol. The molecule has 0 heterocycles. The first-order chi connectivity index (χ1) is 13.2. The molecule has 1 saturated carbocycles. The van der Waals surface area contributed by atoms with E-state index in [0.717, 1.165) is 5.56 Å². The van der Waals surface area contributed by atoms with Crippen LogP contribution in [0.5, 0.6) is 0 Å². The maximum absolute atomic E-state index is 12.6. The second kappa shape index (κ2) is 10.8. The van der Waals surface area contributed by atoms with E-state index in [0.29, 0.717) is 18.9 Å². The maximum Gasteiger partial charge on any atom is 0.424 e. The van der Waals surface area contributed by atoms with E-state index in [1.54, 1.807) is 0 Å². The molecule has 0 saturated heterocycles. The van der Waals surface area contributed by atoms with Gasteiger partial charge in [0.25, 0.3) is 0 Å². The molecule has 1 aromatic rings. The lowest BCUT2D eigenvalue weighted by molar-refractivity contribution is -0.00379. The van der Waals surface area contributed by atoms with E-state index >= 15 is 0 Å². The second-order valence-electron chi connectivity index (χ2n) is 8.88.